The van der Waals surface area contributed by atoms with E-state index in [0.717, 1.165) is 19.5 Å². The van der Waals surface area contributed by atoms with Crippen LogP contribution < -0.4 is 15.0 Å². The highest BCUT2D eigenvalue weighted by Crippen LogP contribution is 2.29. The summed E-state index contributed by atoms with van der Waals surface area (Å²) >= 11 is 0. The van der Waals surface area contributed by atoms with Gasteiger partial charge >= 0.3 is 0 Å². The molecule has 1 atom stereocenters. The van der Waals surface area contributed by atoms with Gasteiger partial charge in [-0.1, -0.05) is 0 Å². The molecule has 1 saturated heterocycles. The number of benzene rings is 1. The van der Waals surface area contributed by atoms with E-state index in [9.17, 15) is 13.2 Å². The van der Waals surface area contributed by atoms with E-state index in [0.29, 0.717) is 24.5 Å². The zero-order chi connectivity index (χ0) is 17.0. The SMILES string of the molecule is COc1cc(S(=O)(=O)N2CCC[NH+](C)CC2)ccc1NC(C)=O. The number of likely N-dealkylation sites (N-methyl/N-ethyl adjacent to an activating group) is 1. The van der Waals surface area contributed by atoms with Crippen LogP contribution in [0.15, 0.2) is 23.1 Å². The highest BCUT2D eigenvalue weighted by molar-refractivity contribution is 7.89. The standard InChI is InChI=1S/C15H23N3O4S/c1-12(19)16-14-6-5-13(11-15(14)22-3)23(20,21)18-8-4-7-17(2)9-10-18/h5-6,11H,4,7-10H2,1-3H3,(H,16,19)/p+1. The van der Waals surface area contributed by atoms with Crippen LogP contribution in [0.4, 0.5) is 5.69 Å². The molecule has 0 aromatic heterocycles. The normalized spacial score (nSPS) is 19.9. The Kier molecular flexibility index (Phi) is 5.61. The van der Waals surface area contributed by atoms with Gasteiger partial charge in [-0.3, -0.25) is 4.79 Å². The Balaban J connectivity index is 2.30. The molecular formula is C15H24N3O4S+. The molecule has 0 radical (unpaired) electrons. The Morgan fingerprint density at radius 2 is 2.04 bits per heavy atom. The first-order valence-electron chi connectivity index (χ1n) is 7.61. The van der Waals surface area contributed by atoms with Crippen LogP contribution in [0.2, 0.25) is 0 Å². The van der Waals surface area contributed by atoms with Gasteiger partial charge in [0.15, 0.2) is 0 Å². The number of sulfonamides is 1. The van der Waals surface area contributed by atoms with E-state index >= 15 is 0 Å². The van der Waals surface area contributed by atoms with E-state index in [1.807, 2.05) is 0 Å². The summed E-state index contributed by atoms with van der Waals surface area (Å²) in [6, 6.07) is 4.52. The maximum atomic E-state index is 12.8. The first kappa shape index (κ1) is 17.7. The monoisotopic (exact) mass is 342 g/mol. The Morgan fingerprint density at radius 1 is 1.30 bits per heavy atom. The Morgan fingerprint density at radius 3 is 2.70 bits per heavy atom. The molecule has 0 aliphatic carbocycles. The quantitative estimate of drug-likeness (QED) is 0.778. The predicted molar refractivity (Wildman–Crippen MR) is 87.3 cm³/mol. The van der Waals surface area contributed by atoms with Gasteiger partial charge in [0.05, 0.1) is 44.4 Å². The van der Waals surface area contributed by atoms with Crippen molar-refractivity contribution in [3.05, 3.63) is 18.2 Å². The van der Waals surface area contributed by atoms with Crippen LogP contribution in [0.25, 0.3) is 0 Å². The number of nitrogens with one attached hydrogen (secondary N) is 2. The van der Waals surface area contributed by atoms with Crippen molar-refractivity contribution < 1.29 is 22.8 Å². The lowest BCUT2D eigenvalue weighted by molar-refractivity contribution is -0.877. The van der Waals surface area contributed by atoms with Gasteiger partial charge in [0.1, 0.15) is 5.75 Å². The molecular weight excluding hydrogens is 318 g/mol. The van der Waals surface area contributed by atoms with Crippen LogP contribution in [0, 0.1) is 0 Å². The lowest BCUT2D eigenvalue weighted by atomic mass is 10.3. The molecule has 2 rings (SSSR count). The van der Waals surface area contributed by atoms with Gasteiger partial charge < -0.3 is 15.0 Å². The van der Waals surface area contributed by atoms with Crippen molar-refractivity contribution in [1.29, 1.82) is 0 Å². The molecule has 0 saturated carbocycles. The molecule has 1 aliphatic rings. The molecule has 1 fully saturated rings. The average Bonchev–Trinajstić information content (AvgIpc) is 2.72. The molecule has 0 spiro atoms. The van der Waals surface area contributed by atoms with Crippen molar-refractivity contribution in [1.82, 2.24) is 4.31 Å². The molecule has 7 nitrogen and oxygen atoms in total. The van der Waals surface area contributed by atoms with E-state index in [4.69, 9.17) is 4.74 Å². The number of amides is 1. The second-order valence-electron chi connectivity index (χ2n) is 5.76. The molecule has 23 heavy (non-hydrogen) atoms. The second kappa shape index (κ2) is 7.29. The van der Waals surface area contributed by atoms with Gasteiger partial charge in [0, 0.05) is 26.0 Å². The summed E-state index contributed by atoms with van der Waals surface area (Å²) in [4.78, 5) is 12.7. The average molecular weight is 342 g/mol. The van der Waals surface area contributed by atoms with Crippen molar-refractivity contribution in [2.24, 2.45) is 0 Å². The summed E-state index contributed by atoms with van der Waals surface area (Å²) < 4.78 is 32.4. The number of hydrogen-bond acceptors (Lipinski definition) is 4. The largest absolute Gasteiger partial charge is 0.495 e. The van der Waals surface area contributed by atoms with Crippen molar-refractivity contribution in [3.8, 4) is 5.75 Å². The second-order valence-corrected chi connectivity index (χ2v) is 7.70. The third-order valence-corrected chi connectivity index (χ3v) is 5.82. The van der Waals surface area contributed by atoms with E-state index in [1.54, 1.807) is 6.07 Å². The molecule has 1 aromatic rings. The number of carbonyl (C=O) groups excluding carboxylic acids is 1. The number of quaternary nitrogens is 1. The fourth-order valence-electron chi connectivity index (χ4n) is 2.62. The third kappa shape index (κ3) is 4.21. The van der Waals surface area contributed by atoms with Crippen LogP contribution in [0.3, 0.4) is 0 Å². The number of carbonyl (C=O) groups is 1. The molecule has 128 valence electrons. The number of methoxy groups -OCH3 is 1. The Labute approximate surface area is 137 Å². The lowest BCUT2D eigenvalue weighted by Gasteiger charge is -2.20. The third-order valence-electron chi connectivity index (χ3n) is 3.92. The number of ether oxygens (including phenoxy) is 1. The minimum absolute atomic E-state index is 0.183. The highest BCUT2D eigenvalue weighted by Gasteiger charge is 2.28. The fourth-order valence-corrected chi connectivity index (χ4v) is 4.12. The zero-order valence-electron chi connectivity index (χ0n) is 13.8. The van der Waals surface area contributed by atoms with Crippen molar-refractivity contribution in [3.63, 3.8) is 0 Å². The summed E-state index contributed by atoms with van der Waals surface area (Å²) in [5.74, 6) is 0.0938. The predicted octanol–water partition coefficient (Wildman–Crippen LogP) is -0.437. The van der Waals surface area contributed by atoms with Crippen LogP contribution >= 0.6 is 0 Å². The summed E-state index contributed by atoms with van der Waals surface area (Å²) in [7, 11) is -0.0428. The van der Waals surface area contributed by atoms with Gasteiger partial charge in [-0.25, -0.2) is 8.42 Å². The summed E-state index contributed by atoms with van der Waals surface area (Å²) in [6.07, 6.45) is 0.839. The molecule has 1 unspecified atom stereocenters. The Hall–Kier alpha value is -1.64. The van der Waals surface area contributed by atoms with Crippen molar-refractivity contribution in [2.75, 3.05) is 45.7 Å². The molecule has 8 heteroatoms. The van der Waals surface area contributed by atoms with Crippen molar-refractivity contribution in [2.45, 2.75) is 18.2 Å². The summed E-state index contributed by atoms with van der Waals surface area (Å²) in [5.41, 5.74) is 0.457. The molecule has 1 aromatic carbocycles. The molecule has 1 heterocycles. The van der Waals surface area contributed by atoms with E-state index in [2.05, 4.69) is 12.4 Å². The minimum atomic E-state index is -3.56. The van der Waals surface area contributed by atoms with Crippen LogP contribution in [-0.4, -0.2) is 59.0 Å². The molecule has 2 N–H and O–H groups in total. The van der Waals surface area contributed by atoms with Gasteiger partial charge in [-0.2, -0.15) is 4.31 Å². The van der Waals surface area contributed by atoms with Gasteiger partial charge in [-0.15, -0.1) is 0 Å². The minimum Gasteiger partial charge on any atom is -0.495 e. The lowest BCUT2D eigenvalue weighted by Crippen LogP contribution is -3.09. The number of anilines is 1. The van der Waals surface area contributed by atoms with E-state index < -0.39 is 10.0 Å². The first-order chi connectivity index (χ1) is 10.8. The highest BCUT2D eigenvalue weighted by atomic mass is 32.2. The molecule has 1 amide bonds. The maximum Gasteiger partial charge on any atom is 0.243 e. The van der Waals surface area contributed by atoms with Crippen molar-refractivity contribution >= 4 is 21.6 Å². The zero-order valence-corrected chi connectivity index (χ0v) is 14.6. The summed E-state index contributed by atoms with van der Waals surface area (Å²) in [6.45, 7) is 4.18. The molecule has 0 bridgehead atoms. The van der Waals surface area contributed by atoms with Crippen LogP contribution in [0.5, 0.6) is 5.75 Å². The van der Waals surface area contributed by atoms with E-state index in [1.165, 1.54) is 35.4 Å². The van der Waals surface area contributed by atoms with E-state index in [-0.39, 0.29) is 10.8 Å². The van der Waals surface area contributed by atoms with Gasteiger partial charge in [0.2, 0.25) is 15.9 Å². The van der Waals surface area contributed by atoms with Gasteiger partial charge in [0.25, 0.3) is 0 Å². The first-order valence-corrected chi connectivity index (χ1v) is 9.05. The fraction of sp³-hybridized carbons (Fsp3) is 0.533. The van der Waals surface area contributed by atoms with Crippen LogP contribution in [-0.2, 0) is 14.8 Å². The van der Waals surface area contributed by atoms with Crippen LogP contribution in [0.1, 0.15) is 13.3 Å². The number of hydrogen-bond donors (Lipinski definition) is 2. The van der Waals surface area contributed by atoms with Gasteiger partial charge in [-0.05, 0) is 12.1 Å². The number of nitrogens with zero attached hydrogens (tertiary/aromatic N) is 1. The topological polar surface area (TPSA) is 80.2 Å². The maximum absolute atomic E-state index is 12.8. The Bertz CT molecular complexity index is 675. The summed E-state index contributed by atoms with van der Waals surface area (Å²) in [5, 5.41) is 2.62. The molecule has 1 aliphatic heterocycles. The number of rotatable bonds is 4. The smallest absolute Gasteiger partial charge is 0.243 e.